The topological polar surface area (TPSA) is 191 Å². The number of aliphatic hydroxyl groups is 5. The van der Waals surface area contributed by atoms with Gasteiger partial charge in [-0.1, -0.05) is 59.6 Å². The standard InChI is InChI=1S/C43H68O13/c1-21(2)11-10-16-42(9)35-26(53-23(4)44)19-41(8)25-12-13-28-39(5,6)29(15-17-40(28,7)24(25)14-18-43(35,41)38(50)56-42)55-36-33(48)31(46)27(20-51-36)54-37-34(49)32(47)30(45)22(3)52-37/h12,21-22,24,26-37,45-49H,10-11,13-20H2,1-9H3/t22-,24-,26-,27-,28+,29+,30-,31+,32+,33-,34-,35-,36+,37+,40-,41+,42+,43-/m1/s1. The molecule has 3 saturated heterocycles. The van der Waals surface area contributed by atoms with Gasteiger partial charge >= 0.3 is 11.9 Å². The quantitative estimate of drug-likeness (QED) is 0.167. The van der Waals surface area contributed by atoms with Crippen LogP contribution in [0.1, 0.15) is 120 Å². The summed E-state index contributed by atoms with van der Waals surface area (Å²) in [6.45, 7) is 18.4. The zero-order valence-electron chi connectivity index (χ0n) is 34.8. The van der Waals surface area contributed by atoms with E-state index in [1.807, 2.05) is 0 Å². The fraction of sp³-hybridized carbons (Fsp3) is 0.907. The third kappa shape index (κ3) is 6.44. The fourth-order valence-electron chi connectivity index (χ4n) is 13.3. The van der Waals surface area contributed by atoms with Gasteiger partial charge in [0, 0.05) is 12.3 Å². The number of carbonyl (C=O) groups is 2. The van der Waals surface area contributed by atoms with Gasteiger partial charge in [-0.3, -0.25) is 9.59 Å². The highest BCUT2D eigenvalue weighted by atomic mass is 16.7. The summed E-state index contributed by atoms with van der Waals surface area (Å²) in [6.07, 6.45) is -2.78. The van der Waals surface area contributed by atoms with E-state index < -0.39 is 77.8 Å². The highest BCUT2D eigenvalue weighted by Gasteiger charge is 2.79. The number of allylic oxidation sites excluding steroid dienone is 2. The van der Waals surface area contributed by atoms with Crippen LogP contribution in [0.4, 0.5) is 0 Å². The molecule has 1 spiro atoms. The average molecular weight is 793 g/mol. The first-order chi connectivity index (χ1) is 26.1. The van der Waals surface area contributed by atoms with E-state index in [1.165, 1.54) is 19.4 Å². The Morgan fingerprint density at radius 2 is 1.61 bits per heavy atom. The number of rotatable bonds is 9. The minimum absolute atomic E-state index is 0.114. The van der Waals surface area contributed by atoms with Crippen LogP contribution in [-0.4, -0.2) is 117 Å². The van der Waals surface area contributed by atoms with E-state index in [1.54, 1.807) is 0 Å². The second kappa shape index (κ2) is 14.8. The van der Waals surface area contributed by atoms with Crippen molar-refractivity contribution in [1.82, 2.24) is 0 Å². The molecule has 56 heavy (non-hydrogen) atoms. The van der Waals surface area contributed by atoms with Gasteiger partial charge in [0.1, 0.15) is 48.3 Å². The molecule has 0 radical (unpaired) electrons. The van der Waals surface area contributed by atoms with E-state index >= 15 is 0 Å². The fourth-order valence-corrected chi connectivity index (χ4v) is 13.3. The van der Waals surface area contributed by atoms with E-state index in [0.29, 0.717) is 25.2 Å². The Hall–Kier alpha value is -1.68. The maximum atomic E-state index is 14.5. The van der Waals surface area contributed by atoms with Crippen molar-refractivity contribution < 1.29 is 63.5 Å². The van der Waals surface area contributed by atoms with E-state index in [2.05, 4.69) is 54.5 Å². The monoisotopic (exact) mass is 792 g/mol. The van der Waals surface area contributed by atoms with Crippen molar-refractivity contribution in [2.75, 3.05) is 6.61 Å². The molecule has 0 amide bonds. The Bertz CT molecular complexity index is 1530. The summed E-state index contributed by atoms with van der Waals surface area (Å²) < 4.78 is 36.5. The van der Waals surface area contributed by atoms with Gasteiger partial charge in [-0.15, -0.1) is 0 Å². The zero-order valence-corrected chi connectivity index (χ0v) is 34.8. The van der Waals surface area contributed by atoms with E-state index in [9.17, 15) is 35.1 Å². The summed E-state index contributed by atoms with van der Waals surface area (Å²) in [4.78, 5) is 27.0. The third-order valence-electron chi connectivity index (χ3n) is 16.1. The van der Waals surface area contributed by atoms with Crippen LogP contribution in [0.5, 0.6) is 0 Å². The molecule has 5 N–H and O–H groups in total. The molecule has 3 saturated carbocycles. The Morgan fingerprint density at radius 3 is 2.29 bits per heavy atom. The smallest absolute Gasteiger partial charge is 0.314 e. The Kier molecular flexibility index (Phi) is 11.2. The number of esters is 2. The van der Waals surface area contributed by atoms with Gasteiger partial charge in [0.05, 0.1) is 30.1 Å². The van der Waals surface area contributed by atoms with Crippen molar-refractivity contribution in [2.24, 2.45) is 45.3 Å². The molecule has 7 rings (SSSR count). The van der Waals surface area contributed by atoms with Crippen molar-refractivity contribution in [3.05, 3.63) is 11.6 Å². The SMILES string of the molecule is CC(=O)O[C@@H]1C[C@@]2(C)C3=CC[C@H]4C(C)(C)[C@@H](O[C@@H]5OC[C@@H](O[C@@H]6O[C@H](C)[C@@H](O)[C@H](O)[C@H]6O)[C@H](O)[C@H]5O)CC[C@]4(C)[C@@H]3CC[C@@]23C(=O)O[C@@](C)(CCCC(C)C)[C@@H]13. The maximum Gasteiger partial charge on any atom is 0.314 e. The van der Waals surface area contributed by atoms with Gasteiger partial charge in [-0.2, -0.15) is 0 Å². The first kappa shape index (κ1) is 42.4. The number of hydrogen-bond acceptors (Lipinski definition) is 13. The molecule has 0 unspecified atom stereocenters. The number of carbonyl (C=O) groups excluding carboxylic acids is 2. The molecule has 0 aromatic carbocycles. The van der Waals surface area contributed by atoms with Crippen LogP contribution in [0.2, 0.25) is 0 Å². The number of fused-ring (bicyclic) bond motifs is 4. The molecule has 4 aliphatic carbocycles. The molecule has 6 fully saturated rings. The molecular weight excluding hydrogens is 724 g/mol. The molecular formula is C43H68O13. The molecule has 13 heteroatoms. The van der Waals surface area contributed by atoms with Gasteiger partial charge < -0.3 is 54.0 Å². The van der Waals surface area contributed by atoms with Crippen LogP contribution >= 0.6 is 0 Å². The first-order valence-corrected chi connectivity index (χ1v) is 21.2. The average Bonchev–Trinajstić information content (AvgIpc) is 3.51. The van der Waals surface area contributed by atoms with Crippen LogP contribution in [0, 0.1) is 45.3 Å². The van der Waals surface area contributed by atoms with Crippen molar-refractivity contribution in [3.8, 4) is 0 Å². The molecule has 13 nitrogen and oxygen atoms in total. The van der Waals surface area contributed by atoms with E-state index in [-0.39, 0.29) is 53.2 Å². The van der Waals surface area contributed by atoms with Crippen LogP contribution < -0.4 is 0 Å². The van der Waals surface area contributed by atoms with Crippen LogP contribution in [0.15, 0.2) is 11.6 Å². The minimum atomic E-state index is -1.56. The largest absolute Gasteiger partial charge is 0.462 e. The predicted molar refractivity (Wildman–Crippen MR) is 201 cm³/mol. The Morgan fingerprint density at radius 1 is 0.911 bits per heavy atom. The van der Waals surface area contributed by atoms with Gasteiger partial charge in [0.15, 0.2) is 12.6 Å². The number of aliphatic hydroxyl groups excluding tert-OH is 5. The molecule has 18 atom stereocenters. The lowest BCUT2D eigenvalue weighted by molar-refractivity contribution is -0.347. The normalized spacial score (nSPS) is 51.0. The van der Waals surface area contributed by atoms with E-state index in [4.69, 9.17) is 28.4 Å². The predicted octanol–water partition coefficient (Wildman–Crippen LogP) is 3.93. The molecule has 7 aliphatic rings. The lowest BCUT2D eigenvalue weighted by Crippen LogP contribution is -2.62. The molecule has 318 valence electrons. The molecule has 0 bridgehead atoms. The van der Waals surface area contributed by atoms with Crippen LogP contribution in [-0.2, 0) is 38.0 Å². The van der Waals surface area contributed by atoms with Crippen molar-refractivity contribution >= 4 is 11.9 Å². The lowest BCUT2D eigenvalue weighted by atomic mass is 9.41. The summed E-state index contributed by atoms with van der Waals surface area (Å²) in [7, 11) is 0. The Labute approximate surface area is 331 Å². The van der Waals surface area contributed by atoms with Crippen LogP contribution in [0.3, 0.4) is 0 Å². The van der Waals surface area contributed by atoms with E-state index in [0.717, 1.165) is 38.5 Å². The van der Waals surface area contributed by atoms with Gasteiger partial charge in [0.2, 0.25) is 0 Å². The first-order valence-electron chi connectivity index (χ1n) is 21.2. The number of ether oxygens (including phenoxy) is 6. The summed E-state index contributed by atoms with van der Waals surface area (Å²) in [5.41, 5.74) is -1.17. The minimum Gasteiger partial charge on any atom is -0.462 e. The van der Waals surface area contributed by atoms with Crippen LogP contribution in [0.25, 0.3) is 0 Å². The van der Waals surface area contributed by atoms with Crippen molar-refractivity contribution in [1.29, 1.82) is 0 Å². The molecule has 0 aromatic rings. The summed E-state index contributed by atoms with van der Waals surface area (Å²) in [5.74, 6) is 0.275. The zero-order chi connectivity index (χ0) is 40.9. The summed E-state index contributed by atoms with van der Waals surface area (Å²) >= 11 is 0. The molecule has 3 heterocycles. The second-order valence-electron chi connectivity index (χ2n) is 20.2. The molecule has 3 aliphatic heterocycles. The highest BCUT2D eigenvalue weighted by molar-refractivity contribution is 5.84. The van der Waals surface area contributed by atoms with Gasteiger partial charge in [-0.05, 0) is 93.8 Å². The number of hydrogen-bond donors (Lipinski definition) is 5. The highest BCUT2D eigenvalue weighted by Crippen LogP contribution is 2.76. The van der Waals surface area contributed by atoms with Gasteiger partial charge in [0.25, 0.3) is 0 Å². The summed E-state index contributed by atoms with van der Waals surface area (Å²) in [5, 5.41) is 53.0. The van der Waals surface area contributed by atoms with Crippen molar-refractivity contribution in [3.63, 3.8) is 0 Å². The molecule has 0 aromatic heterocycles. The lowest BCUT2D eigenvalue weighted by Gasteiger charge is -2.63. The summed E-state index contributed by atoms with van der Waals surface area (Å²) in [6, 6.07) is 0. The Balaban J connectivity index is 1.08. The van der Waals surface area contributed by atoms with Crippen molar-refractivity contribution in [2.45, 2.75) is 193 Å². The number of cyclic esters (lactones) is 1. The maximum absolute atomic E-state index is 14.5. The second-order valence-corrected chi connectivity index (χ2v) is 20.2. The van der Waals surface area contributed by atoms with Gasteiger partial charge in [-0.25, -0.2) is 0 Å². The third-order valence-corrected chi connectivity index (χ3v) is 16.1.